The number of halogens is 2. The molecular formula is C12H10Cl2N4O2. The first-order valence-electron chi connectivity index (χ1n) is 5.49. The van der Waals surface area contributed by atoms with Crippen molar-refractivity contribution in [2.24, 2.45) is 5.10 Å². The maximum Gasteiger partial charge on any atom is 0.278 e. The Labute approximate surface area is 124 Å². The molecule has 6 nitrogen and oxygen atoms in total. The molecule has 0 radical (unpaired) electrons. The molecule has 0 aliphatic rings. The molecule has 0 bridgehead atoms. The molecule has 0 spiro atoms. The Bertz CT molecular complexity index is 663. The van der Waals surface area contributed by atoms with E-state index in [1.807, 2.05) is 0 Å². The van der Waals surface area contributed by atoms with Crippen molar-refractivity contribution in [1.82, 2.24) is 10.6 Å². The van der Waals surface area contributed by atoms with E-state index >= 15 is 0 Å². The van der Waals surface area contributed by atoms with Gasteiger partial charge in [0, 0.05) is 0 Å². The summed E-state index contributed by atoms with van der Waals surface area (Å²) in [6.45, 7) is 1.61. The first kappa shape index (κ1) is 14.4. The summed E-state index contributed by atoms with van der Waals surface area (Å²) in [5.41, 5.74) is 9.06. The van der Waals surface area contributed by atoms with Crippen molar-refractivity contribution in [1.29, 1.82) is 0 Å². The van der Waals surface area contributed by atoms with Gasteiger partial charge in [-0.15, -0.1) is 0 Å². The lowest BCUT2D eigenvalue weighted by molar-refractivity contribution is 0.0955. The Morgan fingerprint density at radius 3 is 2.80 bits per heavy atom. The largest absolute Gasteiger partial charge is 0.367 e. The number of nitrogens with two attached hydrogens (primary N) is 1. The fourth-order valence-corrected chi connectivity index (χ4v) is 1.78. The number of hydrogen-bond acceptors (Lipinski definition) is 5. The standard InChI is InChI=1S/C12H10Cl2N4O2/c1-6-10(11(15)20-18-6)12(19)17-16-5-7-2-3-8(13)9(14)4-7/h2-5H,15H2,1H3,(H,17,19)/b16-5+. The van der Waals surface area contributed by atoms with Crippen LogP contribution in [0.4, 0.5) is 5.88 Å². The minimum absolute atomic E-state index is 0.0512. The highest BCUT2D eigenvalue weighted by molar-refractivity contribution is 6.42. The average Bonchev–Trinajstić information content (AvgIpc) is 2.73. The van der Waals surface area contributed by atoms with Crippen LogP contribution in [0.2, 0.25) is 10.0 Å². The molecule has 1 aromatic carbocycles. The van der Waals surface area contributed by atoms with Crippen LogP contribution in [0.15, 0.2) is 27.8 Å². The van der Waals surface area contributed by atoms with Crippen LogP contribution in [0.25, 0.3) is 0 Å². The van der Waals surface area contributed by atoms with Crippen LogP contribution in [0.1, 0.15) is 21.6 Å². The first-order chi connectivity index (χ1) is 9.49. The molecule has 104 valence electrons. The molecular weight excluding hydrogens is 303 g/mol. The number of carbonyl (C=O) groups excluding carboxylic acids is 1. The van der Waals surface area contributed by atoms with Gasteiger partial charge in [-0.1, -0.05) is 34.4 Å². The van der Waals surface area contributed by atoms with E-state index in [9.17, 15) is 4.79 Å². The van der Waals surface area contributed by atoms with E-state index in [0.717, 1.165) is 0 Å². The van der Waals surface area contributed by atoms with Gasteiger partial charge in [-0.25, -0.2) is 5.43 Å². The van der Waals surface area contributed by atoms with Gasteiger partial charge in [-0.3, -0.25) is 4.79 Å². The lowest BCUT2D eigenvalue weighted by atomic mass is 10.2. The van der Waals surface area contributed by atoms with Crippen LogP contribution in [0.3, 0.4) is 0 Å². The summed E-state index contributed by atoms with van der Waals surface area (Å²) in [5.74, 6) is -0.553. The molecule has 0 aliphatic carbocycles. The minimum atomic E-state index is -0.502. The number of aryl methyl sites for hydroxylation is 1. The summed E-state index contributed by atoms with van der Waals surface area (Å²) in [6.07, 6.45) is 1.43. The highest BCUT2D eigenvalue weighted by Gasteiger charge is 2.17. The van der Waals surface area contributed by atoms with Gasteiger partial charge in [0.2, 0.25) is 5.88 Å². The lowest BCUT2D eigenvalue weighted by Crippen LogP contribution is -2.19. The number of aromatic nitrogens is 1. The van der Waals surface area contributed by atoms with Crippen LogP contribution < -0.4 is 11.2 Å². The minimum Gasteiger partial charge on any atom is -0.367 e. The summed E-state index contributed by atoms with van der Waals surface area (Å²) >= 11 is 11.7. The SMILES string of the molecule is Cc1noc(N)c1C(=O)N/N=C/c1ccc(Cl)c(Cl)c1. The molecule has 0 unspecified atom stereocenters. The Morgan fingerprint density at radius 1 is 1.45 bits per heavy atom. The van der Waals surface area contributed by atoms with Crippen molar-refractivity contribution < 1.29 is 9.32 Å². The van der Waals surface area contributed by atoms with Gasteiger partial charge in [-0.2, -0.15) is 5.10 Å². The Kier molecular flexibility index (Phi) is 4.26. The Hall–Kier alpha value is -2.05. The molecule has 0 atom stereocenters. The van der Waals surface area contributed by atoms with Gasteiger partial charge in [0.1, 0.15) is 5.56 Å². The summed E-state index contributed by atoms with van der Waals surface area (Å²) in [7, 11) is 0. The molecule has 1 aromatic heterocycles. The van der Waals surface area contributed by atoms with E-state index in [0.29, 0.717) is 21.3 Å². The van der Waals surface area contributed by atoms with Crippen molar-refractivity contribution in [2.45, 2.75) is 6.92 Å². The second kappa shape index (κ2) is 5.94. The van der Waals surface area contributed by atoms with Crippen LogP contribution in [-0.4, -0.2) is 17.3 Å². The van der Waals surface area contributed by atoms with E-state index in [4.69, 9.17) is 33.5 Å². The van der Waals surface area contributed by atoms with Gasteiger partial charge in [0.25, 0.3) is 5.91 Å². The lowest BCUT2D eigenvalue weighted by Gasteiger charge is -1.99. The monoisotopic (exact) mass is 312 g/mol. The van der Waals surface area contributed by atoms with E-state index in [2.05, 4.69) is 15.7 Å². The third-order valence-electron chi connectivity index (χ3n) is 2.44. The number of hydrogen-bond donors (Lipinski definition) is 2. The number of benzene rings is 1. The van der Waals surface area contributed by atoms with Crippen molar-refractivity contribution in [2.75, 3.05) is 5.73 Å². The Balaban J connectivity index is 2.06. The highest BCUT2D eigenvalue weighted by Crippen LogP contribution is 2.21. The van der Waals surface area contributed by atoms with Gasteiger partial charge >= 0.3 is 0 Å². The molecule has 0 aliphatic heterocycles. The molecule has 0 fully saturated rings. The number of anilines is 1. The molecule has 0 saturated heterocycles. The van der Waals surface area contributed by atoms with E-state index in [1.54, 1.807) is 25.1 Å². The second-order valence-corrected chi connectivity index (χ2v) is 4.69. The fraction of sp³-hybridized carbons (Fsp3) is 0.0833. The number of amides is 1. The van der Waals surface area contributed by atoms with Crippen LogP contribution in [-0.2, 0) is 0 Å². The molecule has 1 heterocycles. The predicted octanol–water partition coefficient (Wildman–Crippen LogP) is 2.64. The van der Waals surface area contributed by atoms with Crippen molar-refractivity contribution in [3.63, 3.8) is 0 Å². The summed E-state index contributed by atoms with van der Waals surface area (Å²) in [5, 5.41) is 8.23. The van der Waals surface area contributed by atoms with Gasteiger partial charge in [0.05, 0.1) is 22.0 Å². The number of rotatable bonds is 3. The summed E-state index contributed by atoms with van der Waals surface area (Å²) in [6, 6.07) is 4.97. The molecule has 1 amide bonds. The fourth-order valence-electron chi connectivity index (χ4n) is 1.48. The summed E-state index contributed by atoms with van der Waals surface area (Å²) < 4.78 is 4.69. The van der Waals surface area contributed by atoms with Crippen molar-refractivity contribution >= 4 is 41.2 Å². The Morgan fingerprint density at radius 2 is 2.20 bits per heavy atom. The number of hydrazone groups is 1. The zero-order valence-corrected chi connectivity index (χ0v) is 11.9. The van der Waals surface area contributed by atoms with Gasteiger partial charge < -0.3 is 10.3 Å². The zero-order valence-electron chi connectivity index (χ0n) is 10.4. The molecule has 20 heavy (non-hydrogen) atoms. The van der Waals surface area contributed by atoms with E-state index < -0.39 is 5.91 Å². The highest BCUT2D eigenvalue weighted by atomic mass is 35.5. The molecule has 3 N–H and O–H groups in total. The van der Waals surface area contributed by atoms with Gasteiger partial charge in [0.15, 0.2) is 0 Å². The molecule has 8 heteroatoms. The zero-order chi connectivity index (χ0) is 14.7. The van der Waals surface area contributed by atoms with Gasteiger partial charge in [-0.05, 0) is 24.6 Å². The third kappa shape index (κ3) is 3.09. The predicted molar refractivity (Wildman–Crippen MR) is 77.2 cm³/mol. The van der Waals surface area contributed by atoms with Crippen molar-refractivity contribution in [3.8, 4) is 0 Å². The maximum atomic E-state index is 11.8. The molecule has 2 aromatic rings. The quantitative estimate of drug-likeness (QED) is 0.673. The number of carbonyl (C=O) groups is 1. The second-order valence-electron chi connectivity index (χ2n) is 3.88. The number of nitrogens with zero attached hydrogens (tertiary/aromatic N) is 2. The first-order valence-corrected chi connectivity index (χ1v) is 6.25. The summed E-state index contributed by atoms with van der Waals surface area (Å²) in [4.78, 5) is 11.8. The third-order valence-corrected chi connectivity index (χ3v) is 3.18. The van der Waals surface area contributed by atoms with Crippen LogP contribution >= 0.6 is 23.2 Å². The maximum absolute atomic E-state index is 11.8. The molecule has 0 saturated carbocycles. The smallest absolute Gasteiger partial charge is 0.278 e. The van der Waals surface area contributed by atoms with Crippen LogP contribution in [0.5, 0.6) is 0 Å². The van der Waals surface area contributed by atoms with E-state index in [-0.39, 0.29) is 11.4 Å². The number of nitrogens with one attached hydrogen (secondary N) is 1. The number of nitrogen functional groups attached to an aromatic ring is 1. The van der Waals surface area contributed by atoms with Crippen LogP contribution in [0, 0.1) is 6.92 Å². The average molecular weight is 313 g/mol. The molecule has 2 rings (SSSR count). The van der Waals surface area contributed by atoms with Crippen molar-refractivity contribution in [3.05, 3.63) is 45.1 Å². The normalized spacial score (nSPS) is 10.9. The van der Waals surface area contributed by atoms with E-state index in [1.165, 1.54) is 6.21 Å². The topological polar surface area (TPSA) is 93.5 Å².